The number of amides is 2. The van der Waals surface area contributed by atoms with Crippen LogP contribution in [0.2, 0.25) is 0 Å². The molecule has 33 heavy (non-hydrogen) atoms. The number of nitrogens with one attached hydrogen (secondary N) is 1. The van der Waals surface area contributed by atoms with Crippen LogP contribution in [0, 0.1) is 0 Å². The van der Waals surface area contributed by atoms with E-state index in [9.17, 15) is 18.0 Å². The number of unbranched alkanes of at least 4 members (excludes halogenated alkanes) is 1. The van der Waals surface area contributed by atoms with E-state index in [1.807, 2.05) is 42.2 Å². The van der Waals surface area contributed by atoms with E-state index in [-0.39, 0.29) is 29.2 Å². The van der Waals surface area contributed by atoms with Gasteiger partial charge in [-0.25, -0.2) is 8.42 Å². The number of rotatable bonds is 9. The highest BCUT2D eigenvalue weighted by atomic mass is 32.2. The van der Waals surface area contributed by atoms with Crippen molar-refractivity contribution in [2.24, 2.45) is 0 Å². The van der Waals surface area contributed by atoms with Crippen molar-refractivity contribution in [1.29, 1.82) is 0 Å². The van der Waals surface area contributed by atoms with Crippen molar-refractivity contribution < 1.29 is 18.0 Å². The number of nitrogens with zero attached hydrogens (tertiary/aromatic N) is 2. The summed E-state index contributed by atoms with van der Waals surface area (Å²) in [6, 6.07) is 16.4. The third-order valence-corrected chi connectivity index (χ3v) is 7.42. The van der Waals surface area contributed by atoms with E-state index < -0.39 is 16.1 Å². The summed E-state index contributed by atoms with van der Waals surface area (Å²) in [5.74, 6) is -0.159. The number of hydrogen-bond acceptors (Lipinski definition) is 4. The number of carbonyl (C=O) groups is 2. The summed E-state index contributed by atoms with van der Waals surface area (Å²) in [5.41, 5.74) is 0.869. The minimum Gasteiger partial charge on any atom is -0.337 e. The van der Waals surface area contributed by atoms with E-state index in [0.29, 0.717) is 26.1 Å². The summed E-state index contributed by atoms with van der Waals surface area (Å²) in [6.07, 6.45) is 2.57. The largest absolute Gasteiger partial charge is 0.337 e. The van der Waals surface area contributed by atoms with Gasteiger partial charge in [-0.05, 0) is 37.5 Å². The highest BCUT2D eigenvalue weighted by Crippen LogP contribution is 2.17. The molecule has 1 fully saturated rings. The maximum Gasteiger partial charge on any atom is 0.241 e. The number of hydrogen-bond donors (Lipinski definition) is 1. The van der Waals surface area contributed by atoms with Crippen LogP contribution in [0.4, 0.5) is 0 Å². The fourth-order valence-corrected chi connectivity index (χ4v) is 5.31. The highest BCUT2D eigenvalue weighted by molar-refractivity contribution is 7.89. The molecule has 7 nitrogen and oxygen atoms in total. The summed E-state index contributed by atoms with van der Waals surface area (Å²) in [4.78, 5) is 29.6. The van der Waals surface area contributed by atoms with E-state index in [4.69, 9.17) is 0 Å². The average molecular weight is 472 g/mol. The molecule has 0 saturated carbocycles. The summed E-state index contributed by atoms with van der Waals surface area (Å²) in [6.45, 7) is 5.22. The Hall–Kier alpha value is -2.71. The van der Waals surface area contributed by atoms with Crippen LogP contribution >= 0.6 is 0 Å². The molecule has 0 aromatic heterocycles. The molecule has 0 radical (unpaired) electrons. The maximum atomic E-state index is 13.5. The first-order valence-electron chi connectivity index (χ1n) is 11.5. The lowest BCUT2D eigenvalue weighted by Gasteiger charge is -2.41. The molecule has 2 atom stereocenters. The van der Waals surface area contributed by atoms with E-state index in [1.165, 1.54) is 12.1 Å². The second kappa shape index (κ2) is 11.4. The van der Waals surface area contributed by atoms with Gasteiger partial charge in [0.25, 0.3) is 0 Å². The Balaban J connectivity index is 1.76. The van der Waals surface area contributed by atoms with Gasteiger partial charge >= 0.3 is 0 Å². The molecule has 1 saturated heterocycles. The SMILES string of the molecule is CCCCC(=O)N1CCN(C(=O)C(Cc2ccccc2)NS(=O)(=O)c2ccccc2)CC1C. The molecule has 178 valence electrons. The molecule has 1 N–H and O–H groups in total. The molecule has 0 spiro atoms. The molecule has 1 aliphatic heterocycles. The van der Waals surface area contributed by atoms with Crippen molar-refractivity contribution in [1.82, 2.24) is 14.5 Å². The Morgan fingerprint density at radius 2 is 1.67 bits per heavy atom. The highest BCUT2D eigenvalue weighted by Gasteiger charge is 2.34. The molecular weight excluding hydrogens is 438 g/mol. The van der Waals surface area contributed by atoms with Crippen molar-refractivity contribution in [3.63, 3.8) is 0 Å². The van der Waals surface area contributed by atoms with E-state index in [0.717, 1.165) is 18.4 Å². The molecule has 2 aromatic rings. The lowest BCUT2D eigenvalue weighted by Crippen LogP contribution is -2.59. The Morgan fingerprint density at radius 3 is 2.27 bits per heavy atom. The quantitative estimate of drug-likeness (QED) is 0.609. The van der Waals surface area contributed by atoms with E-state index >= 15 is 0 Å². The lowest BCUT2D eigenvalue weighted by atomic mass is 10.0. The maximum absolute atomic E-state index is 13.5. The summed E-state index contributed by atoms with van der Waals surface area (Å²) in [7, 11) is -3.87. The molecule has 3 rings (SSSR count). The average Bonchev–Trinajstić information content (AvgIpc) is 2.82. The molecule has 1 heterocycles. The zero-order valence-corrected chi connectivity index (χ0v) is 20.1. The summed E-state index contributed by atoms with van der Waals surface area (Å²) in [5, 5.41) is 0. The smallest absolute Gasteiger partial charge is 0.241 e. The second-order valence-corrected chi connectivity index (χ2v) is 10.2. The molecule has 2 aromatic carbocycles. The van der Waals surface area contributed by atoms with Gasteiger partial charge in [-0.3, -0.25) is 9.59 Å². The van der Waals surface area contributed by atoms with Gasteiger partial charge in [-0.15, -0.1) is 0 Å². The van der Waals surface area contributed by atoms with Gasteiger partial charge < -0.3 is 9.80 Å². The van der Waals surface area contributed by atoms with Crippen molar-refractivity contribution >= 4 is 21.8 Å². The fourth-order valence-electron chi connectivity index (χ4n) is 4.10. The van der Waals surface area contributed by atoms with Gasteiger partial charge in [-0.2, -0.15) is 4.72 Å². The normalized spacial score (nSPS) is 17.6. The number of sulfonamides is 1. The van der Waals surface area contributed by atoms with Gasteiger partial charge in [0, 0.05) is 32.1 Å². The molecule has 2 amide bonds. The second-order valence-electron chi connectivity index (χ2n) is 8.50. The third kappa shape index (κ3) is 6.65. The summed E-state index contributed by atoms with van der Waals surface area (Å²) < 4.78 is 28.6. The van der Waals surface area contributed by atoms with Gasteiger partial charge in [0.05, 0.1) is 4.90 Å². The molecule has 0 bridgehead atoms. The van der Waals surface area contributed by atoms with Crippen molar-refractivity contribution in [2.45, 2.75) is 56.5 Å². The van der Waals surface area contributed by atoms with Gasteiger partial charge in [0.1, 0.15) is 6.04 Å². The van der Waals surface area contributed by atoms with E-state index in [2.05, 4.69) is 11.6 Å². The molecule has 2 unspecified atom stereocenters. The van der Waals surface area contributed by atoms with Gasteiger partial charge in [0.15, 0.2) is 0 Å². The predicted octanol–water partition coefficient (Wildman–Crippen LogP) is 2.83. The van der Waals surface area contributed by atoms with E-state index in [1.54, 1.807) is 23.1 Å². The first kappa shape index (κ1) is 24.9. The van der Waals surface area contributed by atoms with Crippen LogP contribution in [0.25, 0.3) is 0 Å². The first-order chi connectivity index (χ1) is 15.8. The molecular formula is C25H33N3O4S. The Labute approximate surface area is 196 Å². The molecule has 8 heteroatoms. The number of carbonyl (C=O) groups excluding carboxylic acids is 2. The van der Waals surface area contributed by atoms with Gasteiger partial charge in [-0.1, -0.05) is 61.9 Å². The standard InChI is InChI=1S/C25H33N3O4S/c1-3-4-15-24(29)28-17-16-27(19-20(28)2)25(30)23(18-21-11-7-5-8-12-21)26-33(31,32)22-13-9-6-10-14-22/h5-14,20,23,26H,3-4,15-19H2,1-2H3. The van der Waals surface area contributed by atoms with Crippen LogP contribution < -0.4 is 4.72 Å². The van der Waals surface area contributed by atoms with Crippen LogP contribution in [0.5, 0.6) is 0 Å². The van der Waals surface area contributed by atoms with Crippen molar-refractivity contribution in [3.8, 4) is 0 Å². The van der Waals surface area contributed by atoms with Crippen molar-refractivity contribution in [2.75, 3.05) is 19.6 Å². The monoisotopic (exact) mass is 471 g/mol. The Morgan fingerprint density at radius 1 is 1.03 bits per heavy atom. The summed E-state index contributed by atoms with van der Waals surface area (Å²) >= 11 is 0. The molecule has 1 aliphatic rings. The number of piperazine rings is 1. The Bertz CT molecular complexity index is 1030. The van der Waals surface area contributed by atoms with Crippen molar-refractivity contribution in [3.05, 3.63) is 66.2 Å². The third-order valence-electron chi connectivity index (χ3n) is 5.94. The zero-order valence-electron chi connectivity index (χ0n) is 19.3. The Kier molecular flexibility index (Phi) is 8.63. The minimum atomic E-state index is -3.87. The van der Waals surface area contributed by atoms with Crippen LogP contribution in [0.3, 0.4) is 0 Å². The topological polar surface area (TPSA) is 86.8 Å². The van der Waals surface area contributed by atoms with Gasteiger partial charge in [0.2, 0.25) is 21.8 Å². The molecule has 0 aliphatic carbocycles. The zero-order chi connectivity index (χ0) is 23.8. The van der Waals surface area contributed by atoms with Crippen LogP contribution in [0.1, 0.15) is 38.7 Å². The minimum absolute atomic E-state index is 0.113. The predicted molar refractivity (Wildman–Crippen MR) is 128 cm³/mol. The van der Waals surface area contributed by atoms with Crippen LogP contribution in [-0.4, -0.2) is 61.7 Å². The number of benzene rings is 2. The fraction of sp³-hybridized carbons (Fsp3) is 0.440. The lowest BCUT2D eigenvalue weighted by molar-refractivity contribution is -0.143. The van der Waals surface area contributed by atoms with Crippen LogP contribution in [-0.2, 0) is 26.0 Å². The first-order valence-corrected chi connectivity index (χ1v) is 13.0. The van der Waals surface area contributed by atoms with Crippen LogP contribution in [0.15, 0.2) is 65.6 Å².